The van der Waals surface area contributed by atoms with Gasteiger partial charge in [0.2, 0.25) is 0 Å². The smallest absolute Gasteiger partial charge is 0.111 e. The summed E-state index contributed by atoms with van der Waals surface area (Å²) in [4.78, 5) is 0. The number of para-hydroxylation sites is 1. The van der Waals surface area contributed by atoms with Crippen LogP contribution in [0.3, 0.4) is 0 Å². The van der Waals surface area contributed by atoms with Gasteiger partial charge in [0.1, 0.15) is 5.69 Å². The molecule has 0 bridgehead atoms. The molecule has 0 aliphatic carbocycles. The van der Waals surface area contributed by atoms with Crippen LogP contribution in [0, 0.1) is 0 Å². The Hall–Kier alpha value is -1.50. The van der Waals surface area contributed by atoms with E-state index >= 15 is 0 Å². The second kappa shape index (κ2) is 3.77. The number of anilines is 3. The van der Waals surface area contributed by atoms with E-state index in [-0.39, 0.29) is 17.1 Å². The molecule has 0 aliphatic heterocycles. The molecule has 6 heteroatoms. The SMILES string of the molecule is ONc1cccc(NO)c1NO. The molecule has 0 aliphatic rings. The first-order valence-corrected chi connectivity index (χ1v) is 3.16. The van der Waals surface area contributed by atoms with Crippen LogP contribution in [0.2, 0.25) is 0 Å². The molecule has 6 nitrogen and oxygen atoms in total. The van der Waals surface area contributed by atoms with Gasteiger partial charge in [-0.15, -0.1) is 0 Å². The van der Waals surface area contributed by atoms with Crippen molar-refractivity contribution in [3.05, 3.63) is 18.2 Å². The number of rotatable bonds is 3. The lowest BCUT2D eigenvalue weighted by atomic mass is 10.2. The fourth-order valence-electron chi connectivity index (χ4n) is 0.859. The molecule has 0 fully saturated rings. The molecule has 0 heterocycles. The van der Waals surface area contributed by atoms with Crippen molar-refractivity contribution in [1.82, 2.24) is 0 Å². The Bertz CT molecular complexity index is 244. The minimum absolute atomic E-state index is 0.155. The van der Waals surface area contributed by atoms with Crippen LogP contribution in [0.5, 0.6) is 0 Å². The first-order valence-electron chi connectivity index (χ1n) is 3.16. The Balaban J connectivity index is 3.13. The van der Waals surface area contributed by atoms with Crippen molar-refractivity contribution in [3.63, 3.8) is 0 Å². The van der Waals surface area contributed by atoms with Gasteiger partial charge in [-0.1, -0.05) is 6.07 Å². The van der Waals surface area contributed by atoms with E-state index in [9.17, 15) is 0 Å². The second-order valence-electron chi connectivity index (χ2n) is 2.06. The van der Waals surface area contributed by atoms with Crippen molar-refractivity contribution in [3.8, 4) is 0 Å². The Morgan fingerprint density at radius 2 is 1.33 bits per heavy atom. The third kappa shape index (κ3) is 1.40. The average Bonchev–Trinajstić information content (AvgIpc) is 2.16. The largest absolute Gasteiger partial charge is 0.291 e. The Morgan fingerprint density at radius 3 is 1.67 bits per heavy atom. The lowest BCUT2D eigenvalue weighted by molar-refractivity contribution is 0.372. The van der Waals surface area contributed by atoms with Gasteiger partial charge >= 0.3 is 0 Å². The third-order valence-electron chi connectivity index (χ3n) is 1.42. The summed E-state index contributed by atoms with van der Waals surface area (Å²) in [5.74, 6) is 0. The zero-order valence-electron chi connectivity index (χ0n) is 6.07. The quantitative estimate of drug-likeness (QED) is 0.381. The summed E-state index contributed by atoms with van der Waals surface area (Å²) < 4.78 is 0. The number of benzene rings is 1. The van der Waals surface area contributed by atoms with Gasteiger partial charge in [0.15, 0.2) is 0 Å². The zero-order valence-corrected chi connectivity index (χ0v) is 6.07. The van der Waals surface area contributed by atoms with E-state index in [1.54, 1.807) is 6.07 Å². The highest BCUT2D eigenvalue weighted by atomic mass is 16.5. The number of hydrogen-bond acceptors (Lipinski definition) is 6. The van der Waals surface area contributed by atoms with Crippen LogP contribution >= 0.6 is 0 Å². The highest BCUT2D eigenvalue weighted by Gasteiger charge is 2.05. The lowest BCUT2D eigenvalue weighted by Gasteiger charge is -2.10. The normalized spacial score (nSPS) is 9.25. The van der Waals surface area contributed by atoms with Crippen molar-refractivity contribution >= 4 is 17.1 Å². The maximum atomic E-state index is 8.61. The van der Waals surface area contributed by atoms with Crippen molar-refractivity contribution in [2.24, 2.45) is 0 Å². The molecule has 1 aromatic carbocycles. The highest BCUT2D eigenvalue weighted by Crippen LogP contribution is 2.28. The summed E-state index contributed by atoms with van der Waals surface area (Å²) in [5, 5.41) is 25.7. The second-order valence-corrected chi connectivity index (χ2v) is 2.06. The summed E-state index contributed by atoms with van der Waals surface area (Å²) in [6.07, 6.45) is 0. The topological polar surface area (TPSA) is 96.8 Å². The molecule has 0 spiro atoms. The number of hydrogen-bond donors (Lipinski definition) is 6. The summed E-state index contributed by atoms with van der Waals surface area (Å²) in [6, 6.07) is 4.61. The highest BCUT2D eigenvalue weighted by molar-refractivity contribution is 5.80. The summed E-state index contributed by atoms with van der Waals surface area (Å²) in [6.45, 7) is 0. The average molecular weight is 171 g/mol. The van der Waals surface area contributed by atoms with E-state index in [4.69, 9.17) is 15.6 Å². The molecule has 1 rings (SSSR count). The van der Waals surface area contributed by atoms with Crippen molar-refractivity contribution < 1.29 is 15.6 Å². The Kier molecular flexibility index (Phi) is 2.70. The molecule has 0 radical (unpaired) electrons. The van der Waals surface area contributed by atoms with E-state index < -0.39 is 0 Å². The van der Waals surface area contributed by atoms with Crippen LogP contribution in [-0.4, -0.2) is 15.6 Å². The van der Waals surface area contributed by atoms with Gasteiger partial charge in [-0.2, -0.15) is 0 Å². The van der Waals surface area contributed by atoms with Gasteiger partial charge in [0, 0.05) is 0 Å². The van der Waals surface area contributed by atoms with E-state index in [1.165, 1.54) is 12.1 Å². The standard InChI is InChI=1S/C6H9N3O3/c10-7-4-2-1-3-5(8-11)6(4)9-12/h1-3,7-12H. The van der Waals surface area contributed by atoms with Crippen LogP contribution in [-0.2, 0) is 0 Å². The van der Waals surface area contributed by atoms with Gasteiger partial charge < -0.3 is 0 Å². The lowest BCUT2D eigenvalue weighted by Crippen LogP contribution is -2.01. The van der Waals surface area contributed by atoms with Crippen molar-refractivity contribution in [1.29, 1.82) is 0 Å². The van der Waals surface area contributed by atoms with E-state index in [1.807, 2.05) is 16.4 Å². The fraction of sp³-hybridized carbons (Fsp3) is 0. The van der Waals surface area contributed by atoms with E-state index in [0.717, 1.165) is 0 Å². The first-order chi connectivity index (χ1) is 5.83. The van der Waals surface area contributed by atoms with Crippen LogP contribution in [0.1, 0.15) is 0 Å². The summed E-state index contributed by atoms with van der Waals surface area (Å²) in [7, 11) is 0. The van der Waals surface area contributed by atoms with Gasteiger partial charge in [-0.25, -0.2) is 0 Å². The minimum atomic E-state index is 0.155. The minimum Gasteiger partial charge on any atom is -0.291 e. The summed E-state index contributed by atoms with van der Waals surface area (Å²) >= 11 is 0. The summed E-state index contributed by atoms with van der Waals surface area (Å²) in [5.41, 5.74) is 6.16. The monoisotopic (exact) mass is 171 g/mol. The number of nitrogens with one attached hydrogen (secondary N) is 3. The van der Waals surface area contributed by atoms with Gasteiger partial charge in [0.25, 0.3) is 0 Å². The Morgan fingerprint density at radius 1 is 0.833 bits per heavy atom. The molecule has 0 amide bonds. The molecule has 0 saturated carbocycles. The molecule has 0 saturated heterocycles. The maximum Gasteiger partial charge on any atom is 0.111 e. The molecule has 1 aromatic rings. The van der Waals surface area contributed by atoms with Crippen LogP contribution in [0.25, 0.3) is 0 Å². The van der Waals surface area contributed by atoms with Gasteiger partial charge in [-0.3, -0.25) is 32.1 Å². The fourth-order valence-corrected chi connectivity index (χ4v) is 0.859. The van der Waals surface area contributed by atoms with Gasteiger partial charge in [-0.05, 0) is 12.1 Å². The van der Waals surface area contributed by atoms with Crippen LogP contribution in [0.4, 0.5) is 17.1 Å². The molecular formula is C6H9N3O3. The first kappa shape index (κ1) is 8.60. The molecule has 0 aromatic heterocycles. The molecule has 6 N–H and O–H groups in total. The molecular weight excluding hydrogens is 162 g/mol. The third-order valence-corrected chi connectivity index (χ3v) is 1.42. The van der Waals surface area contributed by atoms with Crippen LogP contribution in [0.15, 0.2) is 18.2 Å². The zero-order chi connectivity index (χ0) is 8.97. The Labute approximate surface area is 68.3 Å². The molecule has 12 heavy (non-hydrogen) atoms. The van der Waals surface area contributed by atoms with E-state index in [0.29, 0.717) is 0 Å². The molecule has 66 valence electrons. The van der Waals surface area contributed by atoms with Gasteiger partial charge in [0.05, 0.1) is 11.4 Å². The van der Waals surface area contributed by atoms with Crippen LogP contribution < -0.4 is 16.4 Å². The maximum absolute atomic E-state index is 8.61. The predicted octanol–water partition coefficient (Wildman–Crippen LogP) is 1.09. The van der Waals surface area contributed by atoms with Crippen molar-refractivity contribution in [2.75, 3.05) is 16.4 Å². The van der Waals surface area contributed by atoms with Crippen molar-refractivity contribution in [2.45, 2.75) is 0 Å². The van der Waals surface area contributed by atoms with E-state index in [2.05, 4.69) is 0 Å². The predicted molar refractivity (Wildman–Crippen MR) is 42.7 cm³/mol. The molecule has 0 atom stereocenters. The molecule has 0 unspecified atom stereocenters.